The Labute approximate surface area is 168 Å². The van der Waals surface area contributed by atoms with Crippen molar-refractivity contribution >= 4 is 40.7 Å². The predicted molar refractivity (Wildman–Crippen MR) is 110 cm³/mol. The maximum Gasteiger partial charge on any atom is 0.327 e. The van der Waals surface area contributed by atoms with Gasteiger partial charge in [-0.3, -0.25) is 19.8 Å². The first kappa shape index (κ1) is 21.0. The molecule has 7 nitrogen and oxygen atoms in total. The van der Waals surface area contributed by atoms with Gasteiger partial charge in [0.1, 0.15) is 0 Å². The molecule has 2 rings (SSSR count). The quantitative estimate of drug-likeness (QED) is 0.352. The average Bonchev–Trinajstić information content (AvgIpc) is 2.64. The maximum atomic E-state index is 12.0. The van der Waals surface area contributed by atoms with Crippen LogP contribution in [0.3, 0.4) is 0 Å². The van der Waals surface area contributed by atoms with E-state index in [1.165, 1.54) is 6.08 Å². The van der Waals surface area contributed by atoms with Crippen molar-refractivity contribution in [3.05, 3.63) is 70.4 Å². The lowest BCUT2D eigenvalue weighted by atomic mass is 10.2. The van der Waals surface area contributed by atoms with E-state index in [1.54, 1.807) is 31.2 Å². The van der Waals surface area contributed by atoms with Gasteiger partial charge in [0.25, 0.3) is 0 Å². The van der Waals surface area contributed by atoms with Gasteiger partial charge in [0, 0.05) is 28.2 Å². The van der Waals surface area contributed by atoms with Gasteiger partial charge in [-0.1, -0.05) is 35.9 Å². The van der Waals surface area contributed by atoms with Crippen LogP contribution in [0, 0.1) is 13.8 Å². The molecule has 28 heavy (non-hydrogen) atoms. The molecule has 0 aliphatic heterocycles. The highest BCUT2D eigenvalue weighted by molar-refractivity contribution is 6.39. The summed E-state index contributed by atoms with van der Waals surface area (Å²) in [5, 5.41) is 5.65. The van der Waals surface area contributed by atoms with Crippen LogP contribution in [-0.4, -0.2) is 17.7 Å². The van der Waals surface area contributed by atoms with Gasteiger partial charge >= 0.3 is 11.8 Å². The van der Waals surface area contributed by atoms with Crippen molar-refractivity contribution in [3.63, 3.8) is 0 Å². The lowest BCUT2D eigenvalue weighted by molar-refractivity contribution is -0.136. The number of hydrazine groups is 1. The van der Waals surface area contributed by atoms with Crippen LogP contribution in [0.2, 0.25) is 5.02 Å². The number of carbonyl (C=O) groups is 3. The minimum Gasteiger partial charge on any atom is -0.322 e. The topological polar surface area (TPSA) is 99.3 Å². The van der Waals surface area contributed by atoms with Crippen LogP contribution in [-0.2, 0) is 14.4 Å². The summed E-state index contributed by atoms with van der Waals surface area (Å²) in [6, 6.07) is 12.3. The van der Waals surface area contributed by atoms with E-state index in [-0.39, 0.29) is 5.91 Å². The van der Waals surface area contributed by atoms with Crippen LogP contribution in [0.4, 0.5) is 11.4 Å². The molecule has 0 aliphatic carbocycles. The van der Waals surface area contributed by atoms with Gasteiger partial charge in [0.15, 0.2) is 0 Å². The van der Waals surface area contributed by atoms with Gasteiger partial charge in [0.2, 0.25) is 5.91 Å². The highest BCUT2D eigenvalue weighted by Crippen LogP contribution is 2.19. The third-order valence-corrected chi connectivity index (χ3v) is 4.17. The largest absolute Gasteiger partial charge is 0.327 e. The number of halogens is 1. The third kappa shape index (κ3) is 6.14. The molecule has 146 valence electrons. The van der Waals surface area contributed by atoms with E-state index in [1.807, 2.05) is 32.0 Å². The number of para-hydroxylation sites is 1. The first-order valence-electron chi connectivity index (χ1n) is 8.44. The van der Waals surface area contributed by atoms with Gasteiger partial charge < -0.3 is 16.1 Å². The van der Waals surface area contributed by atoms with Gasteiger partial charge in [-0.15, -0.1) is 0 Å². The van der Waals surface area contributed by atoms with Crippen molar-refractivity contribution < 1.29 is 14.4 Å². The number of benzene rings is 2. The highest BCUT2D eigenvalue weighted by Gasteiger charge is 2.14. The molecule has 0 aliphatic rings. The number of anilines is 2. The molecule has 2 aromatic carbocycles. The monoisotopic (exact) mass is 400 g/mol. The highest BCUT2D eigenvalue weighted by atomic mass is 35.5. The number of carbonyl (C=O) groups excluding carboxylic acids is 3. The Balaban J connectivity index is 1.85. The summed E-state index contributed by atoms with van der Waals surface area (Å²) < 4.78 is 0. The SMILES string of the molecule is CC(=CC(=O)Nc1ccccc1C)NNC(=O)C(=O)Nc1ccc(C)c(Cl)c1. The molecule has 0 spiro atoms. The van der Waals surface area contributed by atoms with E-state index < -0.39 is 11.8 Å². The Kier molecular flexibility index (Phi) is 7.17. The van der Waals surface area contributed by atoms with E-state index in [9.17, 15) is 14.4 Å². The molecule has 3 amide bonds. The Bertz CT molecular complexity index is 941. The summed E-state index contributed by atoms with van der Waals surface area (Å²) in [4.78, 5) is 35.8. The molecular weight excluding hydrogens is 380 g/mol. The minimum atomic E-state index is -0.913. The van der Waals surface area contributed by atoms with Crippen LogP contribution in [0.15, 0.2) is 54.2 Å². The zero-order valence-electron chi connectivity index (χ0n) is 15.7. The molecular formula is C20H21ClN4O3. The molecule has 0 atom stereocenters. The molecule has 0 heterocycles. The van der Waals surface area contributed by atoms with Crippen molar-refractivity contribution in [1.29, 1.82) is 0 Å². The molecule has 0 aromatic heterocycles. The van der Waals surface area contributed by atoms with Crippen LogP contribution >= 0.6 is 11.6 Å². The smallest absolute Gasteiger partial charge is 0.322 e. The molecule has 0 saturated heterocycles. The molecule has 0 fully saturated rings. The third-order valence-electron chi connectivity index (χ3n) is 3.76. The lowest BCUT2D eigenvalue weighted by Crippen LogP contribution is -2.43. The van der Waals surface area contributed by atoms with Crippen LogP contribution in [0.25, 0.3) is 0 Å². The Morgan fingerprint density at radius 2 is 1.61 bits per heavy atom. The minimum absolute atomic E-state index is 0.352. The number of hydrogen-bond donors (Lipinski definition) is 4. The van der Waals surface area contributed by atoms with E-state index in [0.29, 0.717) is 22.1 Å². The number of amides is 3. The summed E-state index contributed by atoms with van der Waals surface area (Å²) in [5.41, 5.74) is 7.97. The molecule has 0 radical (unpaired) electrons. The summed E-state index contributed by atoms with van der Waals surface area (Å²) in [7, 11) is 0. The number of hydrogen-bond acceptors (Lipinski definition) is 4. The van der Waals surface area contributed by atoms with Crippen molar-refractivity contribution in [2.24, 2.45) is 0 Å². The zero-order chi connectivity index (χ0) is 20.7. The number of aryl methyl sites for hydroxylation is 2. The van der Waals surface area contributed by atoms with Gasteiger partial charge in [-0.25, -0.2) is 0 Å². The molecule has 0 unspecified atom stereocenters. The van der Waals surface area contributed by atoms with E-state index in [2.05, 4.69) is 21.5 Å². The van der Waals surface area contributed by atoms with Gasteiger partial charge in [-0.2, -0.15) is 0 Å². The zero-order valence-corrected chi connectivity index (χ0v) is 16.5. The Hall–Kier alpha value is -3.32. The van der Waals surface area contributed by atoms with E-state index in [0.717, 1.165) is 11.1 Å². The molecule has 0 saturated carbocycles. The normalized spacial score (nSPS) is 10.8. The lowest BCUT2D eigenvalue weighted by Gasteiger charge is -2.10. The fraction of sp³-hybridized carbons (Fsp3) is 0.150. The van der Waals surface area contributed by atoms with Crippen LogP contribution in [0.5, 0.6) is 0 Å². The van der Waals surface area contributed by atoms with E-state index in [4.69, 9.17) is 11.6 Å². The fourth-order valence-electron chi connectivity index (χ4n) is 2.19. The van der Waals surface area contributed by atoms with Gasteiger partial charge in [-0.05, 0) is 50.1 Å². The number of rotatable bonds is 5. The van der Waals surface area contributed by atoms with Crippen molar-refractivity contribution in [2.45, 2.75) is 20.8 Å². The first-order chi connectivity index (χ1) is 13.3. The summed E-state index contributed by atoms with van der Waals surface area (Å²) in [6.07, 6.45) is 1.27. The Morgan fingerprint density at radius 3 is 2.29 bits per heavy atom. The summed E-state index contributed by atoms with van der Waals surface area (Å²) >= 11 is 5.99. The van der Waals surface area contributed by atoms with Crippen LogP contribution in [0.1, 0.15) is 18.1 Å². The molecule has 0 bridgehead atoms. The van der Waals surface area contributed by atoms with Crippen molar-refractivity contribution in [1.82, 2.24) is 10.9 Å². The van der Waals surface area contributed by atoms with Crippen LogP contribution < -0.4 is 21.5 Å². The predicted octanol–water partition coefficient (Wildman–Crippen LogP) is 3.06. The fourth-order valence-corrected chi connectivity index (χ4v) is 2.37. The maximum absolute atomic E-state index is 12.0. The second-order valence-corrected chi connectivity index (χ2v) is 6.54. The Morgan fingerprint density at radius 1 is 0.893 bits per heavy atom. The average molecular weight is 401 g/mol. The van der Waals surface area contributed by atoms with Crippen molar-refractivity contribution in [2.75, 3.05) is 10.6 Å². The summed E-state index contributed by atoms with van der Waals surface area (Å²) in [5.74, 6) is -2.15. The van der Waals surface area contributed by atoms with Crippen molar-refractivity contribution in [3.8, 4) is 0 Å². The molecule has 2 aromatic rings. The second-order valence-electron chi connectivity index (χ2n) is 6.13. The van der Waals surface area contributed by atoms with Gasteiger partial charge in [0.05, 0.1) is 0 Å². The summed E-state index contributed by atoms with van der Waals surface area (Å²) in [6.45, 7) is 5.29. The number of allylic oxidation sites excluding steroid dienone is 1. The molecule has 8 heteroatoms. The second kappa shape index (κ2) is 9.57. The van der Waals surface area contributed by atoms with E-state index >= 15 is 0 Å². The number of nitrogens with one attached hydrogen (secondary N) is 4. The standard InChI is InChI=1S/C20H21ClN4O3/c1-12-8-9-15(11-16(12)21)22-19(27)20(28)25-24-14(3)10-18(26)23-17-7-5-4-6-13(17)2/h4-11,24H,1-3H3,(H,22,27)(H,23,26)(H,25,28). The molecule has 4 N–H and O–H groups in total. The first-order valence-corrected chi connectivity index (χ1v) is 8.82.